The SMILES string of the molecule is CCCCCOc1ccc(-c2cc(-c3ccc(C(=O)O)cc3)no2)cc1.N. The summed E-state index contributed by atoms with van der Waals surface area (Å²) in [6.45, 7) is 2.90. The minimum atomic E-state index is -0.950. The summed E-state index contributed by atoms with van der Waals surface area (Å²) in [5.74, 6) is 0.545. The van der Waals surface area contributed by atoms with E-state index in [1.807, 2.05) is 30.3 Å². The highest BCUT2D eigenvalue weighted by atomic mass is 16.5. The van der Waals surface area contributed by atoms with Gasteiger partial charge in [0.05, 0.1) is 12.2 Å². The number of carbonyl (C=O) groups is 1. The van der Waals surface area contributed by atoms with Crippen molar-refractivity contribution in [2.75, 3.05) is 6.61 Å². The molecule has 1 heterocycles. The summed E-state index contributed by atoms with van der Waals surface area (Å²) in [4.78, 5) is 10.9. The molecule has 6 nitrogen and oxygen atoms in total. The summed E-state index contributed by atoms with van der Waals surface area (Å²) in [5, 5.41) is 13.0. The van der Waals surface area contributed by atoms with Crippen LogP contribution in [0, 0.1) is 0 Å². The molecule has 0 radical (unpaired) electrons. The predicted molar refractivity (Wildman–Crippen MR) is 104 cm³/mol. The van der Waals surface area contributed by atoms with Crippen molar-refractivity contribution in [3.8, 4) is 28.3 Å². The van der Waals surface area contributed by atoms with E-state index >= 15 is 0 Å². The molecule has 2 aromatic carbocycles. The lowest BCUT2D eigenvalue weighted by Crippen LogP contribution is -1.96. The van der Waals surface area contributed by atoms with E-state index in [1.165, 1.54) is 12.8 Å². The number of rotatable bonds is 8. The fourth-order valence-corrected chi connectivity index (χ4v) is 2.59. The molecule has 0 atom stereocenters. The van der Waals surface area contributed by atoms with Crippen molar-refractivity contribution < 1.29 is 19.2 Å². The number of hydrogen-bond donors (Lipinski definition) is 2. The molecule has 0 aliphatic rings. The Hall–Kier alpha value is -3.12. The number of carboxylic acids is 1. The van der Waals surface area contributed by atoms with E-state index < -0.39 is 5.97 Å². The van der Waals surface area contributed by atoms with Gasteiger partial charge in [0.1, 0.15) is 11.4 Å². The largest absolute Gasteiger partial charge is 0.494 e. The van der Waals surface area contributed by atoms with E-state index in [0.29, 0.717) is 11.5 Å². The molecule has 0 aliphatic carbocycles. The second kappa shape index (κ2) is 9.54. The first-order chi connectivity index (χ1) is 12.7. The summed E-state index contributed by atoms with van der Waals surface area (Å²) < 4.78 is 11.1. The minimum absolute atomic E-state index is 0. The first kappa shape index (κ1) is 20.2. The smallest absolute Gasteiger partial charge is 0.335 e. The fourth-order valence-electron chi connectivity index (χ4n) is 2.59. The maximum atomic E-state index is 10.9. The van der Waals surface area contributed by atoms with E-state index in [0.717, 1.165) is 29.9 Å². The van der Waals surface area contributed by atoms with Crippen LogP contribution >= 0.6 is 0 Å². The summed E-state index contributed by atoms with van der Waals surface area (Å²) in [6.07, 6.45) is 3.41. The topological polar surface area (TPSA) is 108 Å². The Kier molecular flexibility index (Phi) is 7.14. The van der Waals surface area contributed by atoms with Gasteiger partial charge in [-0.05, 0) is 42.8 Å². The monoisotopic (exact) mass is 368 g/mol. The molecule has 0 spiro atoms. The van der Waals surface area contributed by atoms with Crippen LogP contribution in [0.25, 0.3) is 22.6 Å². The van der Waals surface area contributed by atoms with Crippen molar-refractivity contribution in [3.63, 3.8) is 0 Å². The van der Waals surface area contributed by atoms with Gasteiger partial charge < -0.3 is 20.5 Å². The van der Waals surface area contributed by atoms with Crippen LogP contribution < -0.4 is 10.9 Å². The molecule has 3 rings (SSSR count). The van der Waals surface area contributed by atoms with Crippen molar-refractivity contribution >= 4 is 5.97 Å². The minimum Gasteiger partial charge on any atom is -0.494 e. The second-order valence-corrected chi connectivity index (χ2v) is 6.04. The van der Waals surface area contributed by atoms with Crippen molar-refractivity contribution in [1.29, 1.82) is 0 Å². The number of unbranched alkanes of at least 4 members (excludes halogenated alkanes) is 2. The molecular formula is C21H24N2O4. The summed E-state index contributed by atoms with van der Waals surface area (Å²) in [6, 6.07) is 16.1. The number of nitrogens with zero attached hydrogens (tertiary/aromatic N) is 1. The molecule has 0 aliphatic heterocycles. The lowest BCUT2D eigenvalue weighted by Gasteiger charge is -2.05. The first-order valence-corrected chi connectivity index (χ1v) is 8.71. The van der Waals surface area contributed by atoms with E-state index in [9.17, 15) is 4.79 Å². The average molecular weight is 368 g/mol. The Morgan fingerprint density at radius 3 is 2.33 bits per heavy atom. The number of benzene rings is 2. The quantitative estimate of drug-likeness (QED) is 0.513. The van der Waals surface area contributed by atoms with Crippen molar-refractivity contribution in [1.82, 2.24) is 11.3 Å². The number of carboxylic acid groups (broad SMARTS) is 1. The molecule has 1 aromatic heterocycles. The third-order valence-electron chi connectivity index (χ3n) is 4.09. The molecule has 0 bridgehead atoms. The van der Waals surface area contributed by atoms with Gasteiger partial charge >= 0.3 is 5.97 Å². The van der Waals surface area contributed by atoms with E-state index in [2.05, 4.69) is 12.1 Å². The molecule has 3 aromatic rings. The van der Waals surface area contributed by atoms with Crippen molar-refractivity contribution in [3.05, 3.63) is 60.2 Å². The predicted octanol–water partition coefficient (Wildman–Crippen LogP) is 5.44. The van der Waals surface area contributed by atoms with Gasteiger partial charge in [-0.3, -0.25) is 0 Å². The Bertz CT molecular complexity index is 855. The third-order valence-corrected chi connectivity index (χ3v) is 4.09. The summed E-state index contributed by atoms with van der Waals surface area (Å²) in [5.41, 5.74) is 2.62. The summed E-state index contributed by atoms with van der Waals surface area (Å²) >= 11 is 0. The highest BCUT2D eigenvalue weighted by molar-refractivity contribution is 5.88. The van der Waals surface area contributed by atoms with E-state index in [4.69, 9.17) is 14.4 Å². The number of aromatic carboxylic acids is 1. The highest BCUT2D eigenvalue weighted by Crippen LogP contribution is 2.27. The molecule has 0 fully saturated rings. The zero-order chi connectivity index (χ0) is 18.4. The molecule has 0 saturated carbocycles. The van der Waals surface area contributed by atoms with Crippen LogP contribution in [-0.4, -0.2) is 22.8 Å². The van der Waals surface area contributed by atoms with Crippen LogP contribution in [0.15, 0.2) is 59.1 Å². The van der Waals surface area contributed by atoms with Crippen LogP contribution in [0.3, 0.4) is 0 Å². The van der Waals surface area contributed by atoms with Gasteiger partial charge in [0.2, 0.25) is 0 Å². The van der Waals surface area contributed by atoms with Crippen LogP contribution in [0.4, 0.5) is 0 Å². The number of ether oxygens (including phenoxy) is 1. The summed E-state index contributed by atoms with van der Waals surface area (Å²) in [7, 11) is 0. The molecule has 142 valence electrons. The fraction of sp³-hybridized carbons (Fsp3) is 0.238. The lowest BCUT2D eigenvalue weighted by atomic mass is 10.1. The van der Waals surface area contributed by atoms with Crippen molar-refractivity contribution in [2.24, 2.45) is 0 Å². The van der Waals surface area contributed by atoms with Crippen LogP contribution in [0.2, 0.25) is 0 Å². The molecule has 0 saturated heterocycles. The molecule has 0 unspecified atom stereocenters. The Morgan fingerprint density at radius 1 is 1.04 bits per heavy atom. The van der Waals surface area contributed by atoms with Gasteiger partial charge in [0.15, 0.2) is 5.76 Å². The lowest BCUT2D eigenvalue weighted by molar-refractivity contribution is 0.0697. The van der Waals surface area contributed by atoms with Gasteiger partial charge in [0.25, 0.3) is 0 Å². The van der Waals surface area contributed by atoms with E-state index in [-0.39, 0.29) is 11.7 Å². The first-order valence-electron chi connectivity index (χ1n) is 8.71. The second-order valence-electron chi connectivity index (χ2n) is 6.04. The van der Waals surface area contributed by atoms with Crippen molar-refractivity contribution in [2.45, 2.75) is 26.2 Å². The highest BCUT2D eigenvalue weighted by Gasteiger charge is 2.10. The normalized spacial score (nSPS) is 10.3. The zero-order valence-corrected chi connectivity index (χ0v) is 15.4. The number of hydrogen-bond acceptors (Lipinski definition) is 5. The molecule has 4 N–H and O–H groups in total. The number of aromatic nitrogens is 1. The van der Waals surface area contributed by atoms with Gasteiger partial charge in [-0.25, -0.2) is 4.79 Å². The molecule has 6 heteroatoms. The average Bonchev–Trinajstić information content (AvgIpc) is 3.16. The van der Waals surface area contributed by atoms with Crippen LogP contribution in [-0.2, 0) is 0 Å². The Balaban J connectivity index is 0.00000261. The van der Waals surface area contributed by atoms with Gasteiger partial charge in [-0.15, -0.1) is 0 Å². The molecule has 0 amide bonds. The van der Waals surface area contributed by atoms with Gasteiger partial charge in [0, 0.05) is 17.2 Å². The zero-order valence-electron chi connectivity index (χ0n) is 15.4. The van der Waals surface area contributed by atoms with Gasteiger partial charge in [-0.2, -0.15) is 0 Å². The maximum absolute atomic E-state index is 10.9. The maximum Gasteiger partial charge on any atom is 0.335 e. The molecular weight excluding hydrogens is 344 g/mol. The molecule has 27 heavy (non-hydrogen) atoms. The Labute approximate surface area is 158 Å². The van der Waals surface area contributed by atoms with Crippen LogP contribution in [0.1, 0.15) is 36.5 Å². The van der Waals surface area contributed by atoms with Crippen LogP contribution in [0.5, 0.6) is 5.75 Å². The van der Waals surface area contributed by atoms with E-state index in [1.54, 1.807) is 24.3 Å². The third kappa shape index (κ3) is 5.18. The Morgan fingerprint density at radius 2 is 1.70 bits per heavy atom. The standard InChI is InChI=1S/C21H21NO4.H3N/c1-2-3-4-13-25-18-11-9-16(10-12-18)20-14-19(22-26-20)15-5-7-17(8-6-15)21(23)24;/h5-12,14H,2-4,13H2,1H3,(H,23,24);1H3. The van der Waals surface area contributed by atoms with Gasteiger partial charge in [-0.1, -0.05) is 37.1 Å².